The van der Waals surface area contributed by atoms with Gasteiger partial charge in [-0.25, -0.2) is 0 Å². The van der Waals surface area contributed by atoms with Crippen LogP contribution in [0.1, 0.15) is 27.2 Å². The summed E-state index contributed by atoms with van der Waals surface area (Å²) in [6.45, 7) is 10.6. The molecule has 1 rings (SSSR count). The minimum absolute atomic E-state index is 0.339. The second-order valence-electron chi connectivity index (χ2n) is 6.34. The van der Waals surface area contributed by atoms with Crippen molar-refractivity contribution < 1.29 is 0 Å². The highest BCUT2D eigenvalue weighted by atomic mass is 15.3. The monoisotopic (exact) mass is 227 g/mol. The van der Waals surface area contributed by atoms with Gasteiger partial charge in [0.2, 0.25) is 0 Å². The zero-order chi connectivity index (χ0) is 12.3. The van der Waals surface area contributed by atoms with Crippen LogP contribution in [0.25, 0.3) is 0 Å². The van der Waals surface area contributed by atoms with Crippen LogP contribution in [0.3, 0.4) is 0 Å². The Morgan fingerprint density at radius 1 is 1.25 bits per heavy atom. The summed E-state index contributed by atoms with van der Waals surface area (Å²) < 4.78 is 0. The van der Waals surface area contributed by atoms with Gasteiger partial charge in [-0.1, -0.05) is 20.8 Å². The second kappa shape index (κ2) is 5.48. The van der Waals surface area contributed by atoms with Crippen molar-refractivity contribution in [3.8, 4) is 0 Å². The summed E-state index contributed by atoms with van der Waals surface area (Å²) in [7, 11) is 6.57. The number of hydrogen-bond donors (Lipinski definition) is 1. The van der Waals surface area contributed by atoms with Crippen LogP contribution in [-0.2, 0) is 0 Å². The van der Waals surface area contributed by atoms with Crippen LogP contribution in [0.5, 0.6) is 0 Å². The number of nitrogens with zero attached hydrogens (tertiary/aromatic N) is 2. The Hall–Kier alpha value is -0.120. The maximum Gasteiger partial charge on any atom is 0.0235 e. The van der Waals surface area contributed by atoms with E-state index < -0.39 is 0 Å². The predicted molar refractivity (Wildman–Crippen MR) is 70.8 cm³/mol. The van der Waals surface area contributed by atoms with Crippen LogP contribution in [0.2, 0.25) is 0 Å². The first-order chi connectivity index (χ1) is 7.34. The Bertz CT molecular complexity index is 210. The molecule has 3 nitrogen and oxygen atoms in total. The highest BCUT2D eigenvalue weighted by Crippen LogP contribution is 2.24. The van der Waals surface area contributed by atoms with Gasteiger partial charge in [-0.15, -0.1) is 0 Å². The molecule has 0 aromatic carbocycles. The lowest BCUT2D eigenvalue weighted by Gasteiger charge is -2.41. The molecule has 16 heavy (non-hydrogen) atoms. The number of piperazine rings is 1. The number of nitrogens with one attached hydrogen (secondary N) is 1. The average molecular weight is 227 g/mol. The van der Waals surface area contributed by atoms with E-state index in [9.17, 15) is 0 Å². The third kappa shape index (κ3) is 3.72. The van der Waals surface area contributed by atoms with Gasteiger partial charge in [-0.05, 0) is 33.0 Å². The normalized spacial score (nSPS) is 27.0. The van der Waals surface area contributed by atoms with Crippen molar-refractivity contribution in [3.63, 3.8) is 0 Å². The number of rotatable bonds is 3. The summed E-state index contributed by atoms with van der Waals surface area (Å²) >= 11 is 0. The molecule has 0 amide bonds. The maximum atomic E-state index is 3.48. The van der Waals surface area contributed by atoms with Gasteiger partial charge in [0.05, 0.1) is 0 Å². The highest BCUT2D eigenvalue weighted by Gasteiger charge is 2.30. The lowest BCUT2D eigenvalue weighted by Crippen LogP contribution is -2.53. The van der Waals surface area contributed by atoms with E-state index in [-0.39, 0.29) is 0 Å². The highest BCUT2D eigenvalue weighted by molar-refractivity contribution is 4.87. The fraction of sp³-hybridized carbons (Fsp3) is 1.00. The third-order valence-electron chi connectivity index (χ3n) is 3.88. The maximum absolute atomic E-state index is 3.48. The molecule has 0 bridgehead atoms. The molecule has 2 unspecified atom stereocenters. The molecule has 1 saturated heterocycles. The van der Waals surface area contributed by atoms with Gasteiger partial charge < -0.3 is 15.1 Å². The summed E-state index contributed by atoms with van der Waals surface area (Å²) in [5, 5.41) is 3.48. The van der Waals surface area contributed by atoms with E-state index in [4.69, 9.17) is 0 Å². The standard InChI is InChI=1S/C13H29N3/c1-13(2,3)12(14-4)9-11-10-15(5)7-8-16(11)6/h11-12,14H,7-10H2,1-6H3. The lowest BCUT2D eigenvalue weighted by molar-refractivity contribution is 0.0880. The summed E-state index contributed by atoms with van der Waals surface area (Å²) in [5.74, 6) is 0. The smallest absolute Gasteiger partial charge is 0.0235 e. The van der Waals surface area contributed by atoms with E-state index in [1.807, 2.05) is 0 Å². The largest absolute Gasteiger partial charge is 0.316 e. The van der Waals surface area contributed by atoms with Crippen molar-refractivity contribution in [2.45, 2.75) is 39.3 Å². The lowest BCUT2D eigenvalue weighted by atomic mass is 9.82. The van der Waals surface area contributed by atoms with Gasteiger partial charge in [0, 0.05) is 31.7 Å². The average Bonchev–Trinajstić information content (AvgIpc) is 2.17. The first-order valence-corrected chi connectivity index (χ1v) is 6.40. The van der Waals surface area contributed by atoms with Crippen LogP contribution in [0, 0.1) is 5.41 Å². The molecular formula is C13H29N3. The van der Waals surface area contributed by atoms with Crippen LogP contribution in [0.4, 0.5) is 0 Å². The quantitative estimate of drug-likeness (QED) is 0.783. The van der Waals surface area contributed by atoms with Crippen LogP contribution >= 0.6 is 0 Å². The van der Waals surface area contributed by atoms with Gasteiger partial charge in [0.25, 0.3) is 0 Å². The van der Waals surface area contributed by atoms with Gasteiger partial charge >= 0.3 is 0 Å². The molecule has 1 fully saturated rings. The van der Waals surface area contributed by atoms with Gasteiger partial charge in [0.15, 0.2) is 0 Å². The van der Waals surface area contributed by atoms with Crippen molar-refractivity contribution >= 4 is 0 Å². The topological polar surface area (TPSA) is 18.5 Å². The molecule has 1 N–H and O–H groups in total. The van der Waals surface area contributed by atoms with E-state index in [0.717, 1.165) is 0 Å². The molecule has 0 aliphatic carbocycles. The van der Waals surface area contributed by atoms with Crippen molar-refractivity contribution in [2.24, 2.45) is 5.41 Å². The Balaban J connectivity index is 2.56. The van der Waals surface area contributed by atoms with Gasteiger partial charge in [-0.2, -0.15) is 0 Å². The SMILES string of the molecule is CNC(CC1CN(C)CCN1C)C(C)(C)C. The number of likely N-dealkylation sites (N-methyl/N-ethyl adjacent to an activating group) is 2. The van der Waals surface area contributed by atoms with Gasteiger partial charge in [-0.3, -0.25) is 0 Å². The number of hydrogen-bond acceptors (Lipinski definition) is 3. The molecule has 3 heteroatoms. The molecule has 0 aromatic heterocycles. The summed E-state index contributed by atoms with van der Waals surface area (Å²) in [6, 6.07) is 1.28. The van der Waals surface area contributed by atoms with Crippen LogP contribution in [0.15, 0.2) is 0 Å². The molecule has 0 radical (unpaired) electrons. The Labute approximate surface area is 101 Å². The Morgan fingerprint density at radius 3 is 2.38 bits per heavy atom. The molecule has 0 aromatic rings. The molecule has 2 atom stereocenters. The van der Waals surface area contributed by atoms with Crippen molar-refractivity contribution in [1.29, 1.82) is 0 Å². The van der Waals surface area contributed by atoms with Crippen molar-refractivity contribution in [1.82, 2.24) is 15.1 Å². The van der Waals surface area contributed by atoms with Gasteiger partial charge in [0.1, 0.15) is 0 Å². The molecule has 0 saturated carbocycles. The Kier molecular flexibility index (Phi) is 4.77. The summed E-state index contributed by atoms with van der Waals surface area (Å²) in [6.07, 6.45) is 1.24. The van der Waals surface area contributed by atoms with Crippen LogP contribution in [-0.4, -0.2) is 62.7 Å². The molecule has 96 valence electrons. The first-order valence-electron chi connectivity index (χ1n) is 6.40. The van der Waals surface area contributed by atoms with E-state index in [2.05, 4.69) is 57.0 Å². The van der Waals surface area contributed by atoms with E-state index in [0.29, 0.717) is 17.5 Å². The zero-order valence-corrected chi connectivity index (χ0v) is 11.9. The van der Waals surface area contributed by atoms with Crippen LogP contribution < -0.4 is 5.32 Å². The summed E-state index contributed by atoms with van der Waals surface area (Å²) in [5.41, 5.74) is 0.339. The van der Waals surface area contributed by atoms with E-state index >= 15 is 0 Å². The molecule has 1 aliphatic heterocycles. The predicted octanol–water partition coefficient (Wildman–Crippen LogP) is 1.26. The fourth-order valence-corrected chi connectivity index (χ4v) is 2.53. The molecule has 1 aliphatic rings. The third-order valence-corrected chi connectivity index (χ3v) is 3.88. The van der Waals surface area contributed by atoms with E-state index in [1.54, 1.807) is 0 Å². The minimum atomic E-state index is 0.339. The van der Waals surface area contributed by atoms with Crippen molar-refractivity contribution in [2.75, 3.05) is 40.8 Å². The molecular weight excluding hydrogens is 198 g/mol. The minimum Gasteiger partial charge on any atom is -0.316 e. The summed E-state index contributed by atoms with van der Waals surface area (Å²) in [4.78, 5) is 4.95. The Morgan fingerprint density at radius 2 is 1.88 bits per heavy atom. The first kappa shape index (κ1) is 13.9. The zero-order valence-electron chi connectivity index (χ0n) is 11.9. The fourth-order valence-electron chi connectivity index (χ4n) is 2.53. The van der Waals surface area contributed by atoms with Crippen molar-refractivity contribution in [3.05, 3.63) is 0 Å². The molecule has 1 heterocycles. The molecule has 0 spiro atoms. The second-order valence-corrected chi connectivity index (χ2v) is 6.34. The van der Waals surface area contributed by atoms with E-state index in [1.165, 1.54) is 26.1 Å².